The minimum atomic E-state index is -0.478. The molecule has 1 unspecified atom stereocenters. The number of halogens is 3. The molecule has 6 heteroatoms. The van der Waals surface area contributed by atoms with E-state index in [9.17, 15) is 0 Å². The van der Waals surface area contributed by atoms with E-state index in [1.54, 1.807) is 44.6 Å². The summed E-state index contributed by atoms with van der Waals surface area (Å²) in [7, 11) is 3.10. The fourth-order valence-corrected chi connectivity index (χ4v) is 2.86. The molecule has 0 saturated carbocycles. The Kier molecular flexibility index (Phi) is 5.22. The Hall–Kier alpha value is -1.13. The molecule has 0 heterocycles. The molecule has 0 radical (unpaired) electrons. The van der Waals surface area contributed by atoms with Gasteiger partial charge in [0.25, 0.3) is 0 Å². The van der Waals surface area contributed by atoms with Gasteiger partial charge in [-0.25, -0.2) is 0 Å². The first-order valence-corrected chi connectivity index (χ1v) is 7.22. The molecule has 2 rings (SSSR count). The first-order chi connectivity index (χ1) is 9.96. The van der Waals surface area contributed by atoms with Gasteiger partial charge in [0.15, 0.2) is 11.5 Å². The Morgan fingerprint density at radius 3 is 1.90 bits per heavy atom. The van der Waals surface area contributed by atoms with E-state index in [4.69, 9.17) is 50.0 Å². The number of hydrogen-bond donors (Lipinski definition) is 1. The van der Waals surface area contributed by atoms with Crippen LogP contribution in [-0.4, -0.2) is 14.2 Å². The minimum Gasteiger partial charge on any atom is -0.493 e. The highest BCUT2D eigenvalue weighted by Crippen LogP contribution is 2.37. The lowest BCUT2D eigenvalue weighted by Gasteiger charge is -2.17. The Morgan fingerprint density at radius 1 is 0.857 bits per heavy atom. The molecule has 2 N–H and O–H groups in total. The Morgan fingerprint density at radius 2 is 1.38 bits per heavy atom. The first-order valence-electron chi connectivity index (χ1n) is 6.09. The zero-order valence-corrected chi connectivity index (χ0v) is 13.8. The van der Waals surface area contributed by atoms with Crippen LogP contribution in [0.4, 0.5) is 0 Å². The topological polar surface area (TPSA) is 44.5 Å². The number of rotatable bonds is 4. The van der Waals surface area contributed by atoms with Gasteiger partial charge in [-0.1, -0.05) is 34.8 Å². The van der Waals surface area contributed by atoms with Crippen molar-refractivity contribution >= 4 is 34.8 Å². The van der Waals surface area contributed by atoms with Crippen LogP contribution in [0.1, 0.15) is 17.2 Å². The van der Waals surface area contributed by atoms with Crippen LogP contribution in [0.5, 0.6) is 11.5 Å². The van der Waals surface area contributed by atoms with Gasteiger partial charge >= 0.3 is 0 Å². The molecule has 112 valence electrons. The number of ether oxygens (including phenoxy) is 2. The molecule has 1 atom stereocenters. The lowest BCUT2D eigenvalue weighted by molar-refractivity contribution is 0.354. The van der Waals surface area contributed by atoms with E-state index in [1.165, 1.54) is 0 Å². The molecular formula is C15H14Cl3NO2. The predicted octanol–water partition coefficient (Wildman–Crippen LogP) is 4.71. The van der Waals surface area contributed by atoms with Gasteiger partial charge in [-0.2, -0.15) is 0 Å². The fourth-order valence-electron chi connectivity index (χ4n) is 2.04. The van der Waals surface area contributed by atoms with Crippen LogP contribution >= 0.6 is 34.8 Å². The molecule has 0 spiro atoms. The second-order valence-electron chi connectivity index (χ2n) is 4.41. The SMILES string of the molecule is COc1cc(Cl)c(C(N)c2cc(Cl)cc(Cl)c2)cc1OC. The van der Waals surface area contributed by atoms with Crippen molar-refractivity contribution in [1.82, 2.24) is 0 Å². The number of hydrogen-bond acceptors (Lipinski definition) is 3. The molecule has 3 nitrogen and oxygen atoms in total. The summed E-state index contributed by atoms with van der Waals surface area (Å²) in [5.41, 5.74) is 7.74. The summed E-state index contributed by atoms with van der Waals surface area (Å²) in [6.07, 6.45) is 0. The third-order valence-electron chi connectivity index (χ3n) is 3.08. The third-order valence-corrected chi connectivity index (χ3v) is 3.85. The monoisotopic (exact) mass is 345 g/mol. The average Bonchev–Trinajstić information content (AvgIpc) is 2.45. The minimum absolute atomic E-state index is 0.478. The second kappa shape index (κ2) is 6.75. The van der Waals surface area contributed by atoms with E-state index in [0.717, 1.165) is 5.56 Å². The molecule has 0 aliphatic carbocycles. The molecular weight excluding hydrogens is 333 g/mol. The van der Waals surface area contributed by atoms with Crippen LogP contribution in [-0.2, 0) is 0 Å². The van der Waals surface area contributed by atoms with Gasteiger partial charge in [0.2, 0.25) is 0 Å². The number of nitrogens with two attached hydrogens (primary N) is 1. The molecule has 2 aromatic rings. The van der Waals surface area contributed by atoms with Crippen molar-refractivity contribution in [3.05, 3.63) is 56.5 Å². The maximum absolute atomic E-state index is 6.28. The van der Waals surface area contributed by atoms with E-state index < -0.39 is 6.04 Å². The Balaban J connectivity index is 2.49. The van der Waals surface area contributed by atoms with Crippen LogP contribution in [0.25, 0.3) is 0 Å². The van der Waals surface area contributed by atoms with E-state index in [2.05, 4.69) is 0 Å². The van der Waals surface area contributed by atoms with Gasteiger partial charge in [-0.3, -0.25) is 0 Å². The van der Waals surface area contributed by atoms with E-state index >= 15 is 0 Å². The largest absolute Gasteiger partial charge is 0.493 e. The smallest absolute Gasteiger partial charge is 0.162 e. The van der Waals surface area contributed by atoms with Crippen molar-refractivity contribution < 1.29 is 9.47 Å². The zero-order valence-electron chi connectivity index (χ0n) is 11.5. The fraction of sp³-hybridized carbons (Fsp3) is 0.200. The van der Waals surface area contributed by atoms with Crippen molar-refractivity contribution in [2.75, 3.05) is 14.2 Å². The molecule has 0 amide bonds. The summed E-state index contributed by atoms with van der Waals surface area (Å²) in [6.45, 7) is 0. The highest BCUT2D eigenvalue weighted by Gasteiger charge is 2.17. The predicted molar refractivity (Wildman–Crippen MR) is 87.0 cm³/mol. The van der Waals surface area contributed by atoms with Gasteiger partial charge in [0, 0.05) is 21.1 Å². The van der Waals surface area contributed by atoms with Gasteiger partial charge in [-0.05, 0) is 35.4 Å². The van der Waals surface area contributed by atoms with Crippen LogP contribution < -0.4 is 15.2 Å². The van der Waals surface area contributed by atoms with E-state index in [0.29, 0.717) is 32.1 Å². The highest BCUT2D eigenvalue weighted by molar-refractivity contribution is 6.34. The quantitative estimate of drug-likeness (QED) is 0.871. The summed E-state index contributed by atoms with van der Waals surface area (Å²) >= 11 is 18.3. The molecule has 0 bridgehead atoms. The van der Waals surface area contributed by atoms with Crippen LogP contribution in [0.2, 0.25) is 15.1 Å². The summed E-state index contributed by atoms with van der Waals surface area (Å²) in [5.74, 6) is 1.10. The van der Waals surface area contributed by atoms with Crippen molar-refractivity contribution in [3.8, 4) is 11.5 Å². The summed E-state index contributed by atoms with van der Waals surface area (Å²) < 4.78 is 10.5. The summed E-state index contributed by atoms with van der Waals surface area (Å²) in [6, 6.07) is 8.10. The maximum Gasteiger partial charge on any atom is 0.162 e. The molecule has 21 heavy (non-hydrogen) atoms. The lowest BCUT2D eigenvalue weighted by atomic mass is 9.99. The first kappa shape index (κ1) is 16.2. The van der Waals surface area contributed by atoms with Crippen molar-refractivity contribution in [1.29, 1.82) is 0 Å². The number of methoxy groups -OCH3 is 2. The van der Waals surface area contributed by atoms with Gasteiger partial charge in [-0.15, -0.1) is 0 Å². The van der Waals surface area contributed by atoms with Gasteiger partial charge < -0.3 is 15.2 Å². The average molecular weight is 347 g/mol. The van der Waals surface area contributed by atoms with Crippen LogP contribution in [0.3, 0.4) is 0 Å². The van der Waals surface area contributed by atoms with Gasteiger partial charge in [0.1, 0.15) is 0 Å². The van der Waals surface area contributed by atoms with Crippen molar-refractivity contribution in [3.63, 3.8) is 0 Å². The van der Waals surface area contributed by atoms with Gasteiger partial charge in [0.05, 0.1) is 20.3 Å². The van der Waals surface area contributed by atoms with Crippen LogP contribution in [0, 0.1) is 0 Å². The Bertz CT molecular complexity index is 641. The molecule has 0 aliphatic heterocycles. The van der Waals surface area contributed by atoms with Crippen molar-refractivity contribution in [2.24, 2.45) is 5.73 Å². The number of benzene rings is 2. The Labute approximate surface area is 138 Å². The zero-order chi connectivity index (χ0) is 15.6. The maximum atomic E-state index is 6.28. The summed E-state index contributed by atoms with van der Waals surface area (Å²) in [4.78, 5) is 0. The summed E-state index contributed by atoms with van der Waals surface area (Å²) in [5, 5.41) is 1.52. The van der Waals surface area contributed by atoms with E-state index in [-0.39, 0.29) is 0 Å². The molecule has 0 aliphatic rings. The molecule has 0 aromatic heterocycles. The normalized spacial score (nSPS) is 12.1. The second-order valence-corrected chi connectivity index (χ2v) is 5.69. The van der Waals surface area contributed by atoms with Crippen molar-refractivity contribution in [2.45, 2.75) is 6.04 Å². The highest BCUT2D eigenvalue weighted by atomic mass is 35.5. The van der Waals surface area contributed by atoms with Crippen LogP contribution in [0.15, 0.2) is 30.3 Å². The standard InChI is InChI=1S/C15H14Cl3NO2/c1-20-13-6-11(12(18)7-14(13)21-2)15(19)8-3-9(16)5-10(17)4-8/h3-7,15H,19H2,1-2H3. The molecule has 2 aromatic carbocycles. The molecule has 0 fully saturated rings. The van der Waals surface area contributed by atoms with E-state index in [1.807, 2.05) is 0 Å². The molecule has 0 saturated heterocycles. The third kappa shape index (κ3) is 3.55. The lowest BCUT2D eigenvalue weighted by Crippen LogP contribution is -2.13.